The number of para-hydroxylation sites is 2. The lowest BCUT2D eigenvalue weighted by Gasteiger charge is -2.58. The smallest absolute Gasteiger partial charge is 0.326 e. The molecule has 2 aromatic carbocycles. The maximum absolute atomic E-state index is 13.1. The fraction of sp³-hybridized carbons (Fsp3) is 0.273. The van der Waals surface area contributed by atoms with Gasteiger partial charge in [0, 0.05) is 42.5 Å². The maximum atomic E-state index is 13.1. The van der Waals surface area contributed by atoms with Gasteiger partial charge in [0.25, 0.3) is 0 Å². The van der Waals surface area contributed by atoms with Gasteiger partial charge >= 0.3 is 6.03 Å². The van der Waals surface area contributed by atoms with Crippen LogP contribution in [0.3, 0.4) is 0 Å². The minimum Gasteiger partial charge on any atom is -0.451 e. The Labute approximate surface area is 168 Å². The number of carbonyl (C=O) groups excluding carboxylic acids is 1. The Balaban J connectivity index is 1.44. The first-order valence-electron chi connectivity index (χ1n) is 9.72. The van der Waals surface area contributed by atoms with E-state index in [1.165, 1.54) is 6.39 Å². The van der Waals surface area contributed by atoms with Crippen molar-refractivity contribution >= 4 is 17.4 Å². The molecule has 1 saturated heterocycles. The molecule has 29 heavy (non-hydrogen) atoms. The second-order valence-electron chi connectivity index (χ2n) is 7.46. The molecule has 0 bridgehead atoms. The molecular formula is C22H22N4O3. The number of nitrogens with zero attached hydrogens (tertiary/aromatic N) is 3. The van der Waals surface area contributed by atoms with Crippen LogP contribution in [0.5, 0.6) is 0 Å². The SMILES string of the molecule is O=C(Nc1ccccc1)N1C[C@H]2[C@@H](c3ccccc31)[C@@H](CO)N2Cc1cocn1. The number of hydrogen-bond donors (Lipinski definition) is 2. The third-order valence-corrected chi connectivity index (χ3v) is 5.92. The number of anilines is 2. The number of rotatable bonds is 4. The number of aliphatic hydroxyl groups excluding tert-OH is 1. The third kappa shape index (κ3) is 3.08. The van der Waals surface area contributed by atoms with Crippen LogP contribution in [0.2, 0.25) is 0 Å². The second-order valence-corrected chi connectivity index (χ2v) is 7.46. The number of hydrogen-bond acceptors (Lipinski definition) is 5. The van der Waals surface area contributed by atoms with Crippen LogP contribution in [-0.4, -0.2) is 46.3 Å². The first-order chi connectivity index (χ1) is 14.3. The molecule has 7 nitrogen and oxygen atoms in total. The lowest BCUT2D eigenvalue weighted by Crippen LogP contribution is -2.69. The fourth-order valence-corrected chi connectivity index (χ4v) is 4.61. The number of oxazole rings is 1. The Morgan fingerprint density at radius 1 is 1.17 bits per heavy atom. The molecule has 1 aromatic heterocycles. The van der Waals surface area contributed by atoms with Crippen molar-refractivity contribution in [3.8, 4) is 0 Å². The van der Waals surface area contributed by atoms with E-state index in [9.17, 15) is 9.90 Å². The number of amides is 2. The summed E-state index contributed by atoms with van der Waals surface area (Å²) < 4.78 is 5.10. The first-order valence-corrected chi connectivity index (χ1v) is 9.72. The van der Waals surface area contributed by atoms with Crippen molar-refractivity contribution in [2.24, 2.45) is 0 Å². The lowest BCUT2D eigenvalue weighted by molar-refractivity contribution is -0.0492. The van der Waals surface area contributed by atoms with Crippen LogP contribution >= 0.6 is 0 Å². The maximum Gasteiger partial charge on any atom is 0.326 e. The van der Waals surface area contributed by atoms with Gasteiger partial charge in [-0.05, 0) is 23.8 Å². The minimum absolute atomic E-state index is 0.00261. The average Bonchev–Trinajstić information content (AvgIpc) is 3.26. The molecule has 0 aliphatic carbocycles. The summed E-state index contributed by atoms with van der Waals surface area (Å²) in [5, 5.41) is 13.0. The second kappa shape index (κ2) is 7.35. The molecule has 2 aliphatic heterocycles. The van der Waals surface area contributed by atoms with E-state index >= 15 is 0 Å². The monoisotopic (exact) mass is 390 g/mol. The van der Waals surface area contributed by atoms with Crippen LogP contribution in [0.1, 0.15) is 17.2 Å². The quantitative estimate of drug-likeness (QED) is 0.716. The van der Waals surface area contributed by atoms with Gasteiger partial charge in [-0.1, -0.05) is 36.4 Å². The molecule has 0 unspecified atom stereocenters. The van der Waals surface area contributed by atoms with E-state index in [-0.39, 0.29) is 30.6 Å². The van der Waals surface area contributed by atoms with E-state index in [1.54, 1.807) is 11.2 Å². The van der Waals surface area contributed by atoms with Crippen molar-refractivity contribution in [3.05, 3.63) is 78.5 Å². The van der Waals surface area contributed by atoms with Crippen LogP contribution in [0.15, 0.2) is 71.7 Å². The van der Waals surface area contributed by atoms with Crippen molar-refractivity contribution in [3.63, 3.8) is 0 Å². The minimum atomic E-state index is -0.157. The summed E-state index contributed by atoms with van der Waals surface area (Å²) in [5.74, 6) is 0.184. The Kier molecular flexibility index (Phi) is 4.54. The van der Waals surface area contributed by atoms with E-state index in [4.69, 9.17) is 4.42 Å². The third-order valence-electron chi connectivity index (χ3n) is 5.92. The van der Waals surface area contributed by atoms with Gasteiger partial charge in [0.05, 0.1) is 12.3 Å². The standard InChI is InChI=1S/C22H22N4O3/c27-12-20-21-17-8-4-5-9-18(17)26(22(28)24-15-6-2-1-3-7-15)11-19(21)25(20)10-16-13-29-14-23-16/h1-9,13-14,19-21,27H,10-12H2,(H,24,28)/t19-,20+,21+/m0/s1. The number of urea groups is 1. The van der Waals surface area contributed by atoms with Crippen molar-refractivity contribution in [1.29, 1.82) is 0 Å². The van der Waals surface area contributed by atoms with Crippen LogP contribution in [0, 0.1) is 0 Å². The molecule has 1 fully saturated rings. The predicted molar refractivity (Wildman–Crippen MR) is 109 cm³/mol. The number of carbonyl (C=O) groups is 1. The van der Waals surface area contributed by atoms with Crippen molar-refractivity contribution in [2.75, 3.05) is 23.4 Å². The summed E-state index contributed by atoms with van der Waals surface area (Å²) >= 11 is 0. The number of likely N-dealkylation sites (tertiary alicyclic amines) is 1. The molecular weight excluding hydrogens is 368 g/mol. The summed E-state index contributed by atoms with van der Waals surface area (Å²) in [6.45, 7) is 1.19. The van der Waals surface area contributed by atoms with Gasteiger partial charge in [-0.2, -0.15) is 0 Å². The largest absolute Gasteiger partial charge is 0.451 e. The highest BCUT2D eigenvalue weighted by molar-refractivity contribution is 6.02. The van der Waals surface area contributed by atoms with Gasteiger partial charge in [0.1, 0.15) is 6.26 Å². The number of nitrogens with one attached hydrogen (secondary N) is 1. The van der Waals surface area contributed by atoms with Crippen LogP contribution in [0.25, 0.3) is 0 Å². The van der Waals surface area contributed by atoms with Crippen molar-refractivity contribution in [2.45, 2.75) is 24.5 Å². The molecule has 2 aliphatic rings. The van der Waals surface area contributed by atoms with Gasteiger partial charge in [-0.25, -0.2) is 9.78 Å². The molecule has 0 spiro atoms. The van der Waals surface area contributed by atoms with E-state index in [1.807, 2.05) is 48.5 Å². The molecule has 3 aromatic rings. The first kappa shape index (κ1) is 17.9. The lowest BCUT2D eigenvalue weighted by atomic mass is 9.72. The van der Waals surface area contributed by atoms with Gasteiger partial charge in [0.2, 0.25) is 0 Å². The molecule has 3 atom stereocenters. The highest BCUT2D eigenvalue weighted by Gasteiger charge is 2.53. The van der Waals surface area contributed by atoms with Crippen LogP contribution in [-0.2, 0) is 6.54 Å². The van der Waals surface area contributed by atoms with Gasteiger partial charge < -0.3 is 14.8 Å². The number of aliphatic hydroxyl groups is 1. The number of benzene rings is 2. The zero-order valence-electron chi connectivity index (χ0n) is 15.8. The van der Waals surface area contributed by atoms with Gasteiger partial charge in [0.15, 0.2) is 6.39 Å². The molecule has 3 heterocycles. The number of fused-ring (bicyclic) bond motifs is 3. The molecule has 148 valence electrons. The molecule has 2 amide bonds. The fourth-order valence-electron chi connectivity index (χ4n) is 4.61. The molecule has 7 heteroatoms. The van der Waals surface area contributed by atoms with E-state index < -0.39 is 0 Å². The summed E-state index contributed by atoms with van der Waals surface area (Å²) in [7, 11) is 0. The van der Waals surface area contributed by atoms with E-state index in [2.05, 4.69) is 21.3 Å². The zero-order valence-corrected chi connectivity index (χ0v) is 15.8. The summed E-state index contributed by atoms with van der Waals surface area (Å²) in [5.41, 5.74) is 3.59. The molecule has 0 radical (unpaired) electrons. The molecule has 5 rings (SSSR count). The zero-order chi connectivity index (χ0) is 19.8. The summed E-state index contributed by atoms with van der Waals surface area (Å²) in [4.78, 5) is 21.3. The highest BCUT2D eigenvalue weighted by atomic mass is 16.3. The Bertz CT molecular complexity index is 992. The summed E-state index contributed by atoms with van der Waals surface area (Å²) in [6.07, 6.45) is 3.04. The normalized spacial score (nSPS) is 23.1. The van der Waals surface area contributed by atoms with Gasteiger partial charge in [-0.15, -0.1) is 0 Å². The van der Waals surface area contributed by atoms with Gasteiger partial charge in [-0.3, -0.25) is 9.80 Å². The summed E-state index contributed by atoms with van der Waals surface area (Å²) in [6, 6.07) is 17.4. The average molecular weight is 390 g/mol. The topological polar surface area (TPSA) is 81.8 Å². The van der Waals surface area contributed by atoms with Crippen LogP contribution < -0.4 is 10.2 Å². The van der Waals surface area contributed by atoms with Crippen molar-refractivity contribution in [1.82, 2.24) is 9.88 Å². The molecule has 0 saturated carbocycles. The molecule has 2 N–H and O–H groups in total. The van der Waals surface area contributed by atoms with Crippen molar-refractivity contribution < 1.29 is 14.3 Å². The predicted octanol–water partition coefficient (Wildman–Crippen LogP) is 3.06. The Morgan fingerprint density at radius 3 is 2.72 bits per heavy atom. The Morgan fingerprint density at radius 2 is 1.97 bits per heavy atom. The van der Waals surface area contributed by atoms with E-state index in [0.29, 0.717) is 13.1 Å². The van der Waals surface area contributed by atoms with Crippen LogP contribution in [0.4, 0.5) is 16.2 Å². The Hall–Kier alpha value is -3.16. The number of aromatic nitrogens is 1. The highest BCUT2D eigenvalue weighted by Crippen LogP contribution is 2.48. The van der Waals surface area contributed by atoms with E-state index in [0.717, 1.165) is 22.6 Å².